The Morgan fingerprint density at radius 1 is 1.24 bits per heavy atom. The van der Waals surface area contributed by atoms with Crippen LogP contribution in [0.5, 0.6) is 5.75 Å². The Balaban J connectivity index is 1.25. The van der Waals surface area contributed by atoms with Gasteiger partial charge in [0.15, 0.2) is 0 Å². The summed E-state index contributed by atoms with van der Waals surface area (Å²) in [4.78, 5) is 14.4. The SMILES string of the molecule is COc1ccc(CC(=O)N2CC3(CC(OCC4CC4)CCO3)C2)cc1. The van der Waals surface area contributed by atoms with Crippen LogP contribution in [0.1, 0.15) is 31.2 Å². The molecule has 2 heterocycles. The highest BCUT2D eigenvalue weighted by atomic mass is 16.5. The van der Waals surface area contributed by atoms with Gasteiger partial charge in [0.05, 0.1) is 32.7 Å². The molecule has 2 saturated heterocycles. The number of rotatable bonds is 6. The van der Waals surface area contributed by atoms with Crippen LogP contribution in [0.2, 0.25) is 0 Å². The molecule has 0 radical (unpaired) electrons. The maximum absolute atomic E-state index is 12.5. The molecule has 136 valence electrons. The summed E-state index contributed by atoms with van der Waals surface area (Å²) < 4.78 is 17.2. The van der Waals surface area contributed by atoms with Crippen LogP contribution in [0.3, 0.4) is 0 Å². The van der Waals surface area contributed by atoms with E-state index >= 15 is 0 Å². The van der Waals surface area contributed by atoms with E-state index < -0.39 is 0 Å². The van der Waals surface area contributed by atoms with Crippen LogP contribution < -0.4 is 4.74 Å². The Hall–Kier alpha value is -1.59. The van der Waals surface area contributed by atoms with Gasteiger partial charge in [-0.15, -0.1) is 0 Å². The first-order valence-corrected chi connectivity index (χ1v) is 9.32. The lowest BCUT2D eigenvalue weighted by molar-refractivity contribution is -0.201. The number of carbonyl (C=O) groups excluding carboxylic acids is 1. The molecule has 4 rings (SSSR count). The number of hydrogen-bond acceptors (Lipinski definition) is 4. The lowest BCUT2D eigenvalue weighted by atomic mass is 9.84. The van der Waals surface area contributed by atoms with Gasteiger partial charge in [0.25, 0.3) is 0 Å². The monoisotopic (exact) mass is 345 g/mol. The molecule has 1 atom stereocenters. The molecule has 1 aromatic carbocycles. The van der Waals surface area contributed by atoms with E-state index in [0.29, 0.717) is 25.6 Å². The minimum Gasteiger partial charge on any atom is -0.497 e. The zero-order valence-corrected chi connectivity index (χ0v) is 14.9. The van der Waals surface area contributed by atoms with Crippen molar-refractivity contribution >= 4 is 5.91 Å². The molecule has 1 unspecified atom stereocenters. The molecule has 1 aliphatic carbocycles. The highest BCUT2D eigenvalue weighted by molar-refractivity contribution is 5.80. The van der Waals surface area contributed by atoms with Gasteiger partial charge in [-0.2, -0.15) is 0 Å². The molecule has 3 fully saturated rings. The van der Waals surface area contributed by atoms with Gasteiger partial charge in [-0.1, -0.05) is 12.1 Å². The van der Waals surface area contributed by atoms with Gasteiger partial charge in [-0.3, -0.25) is 4.79 Å². The van der Waals surface area contributed by atoms with E-state index in [9.17, 15) is 4.79 Å². The summed E-state index contributed by atoms with van der Waals surface area (Å²) in [5.74, 6) is 1.77. The average Bonchev–Trinajstić information content (AvgIpc) is 3.43. The Labute approximate surface area is 149 Å². The van der Waals surface area contributed by atoms with Gasteiger partial charge in [0.1, 0.15) is 11.4 Å². The predicted octanol–water partition coefficient (Wildman–Crippen LogP) is 2.42. The Bertz CT molecular complexity index is 605. The van der Waals surface area contributed by atoms with Gasteiger partial charge in [0.2, 0.25) is 5.91 Å². The first-order chi connectivity index (χ1) is 12.2. The summed E-state index contributed by atoms with van der Waals surface area (Å²) in [6.45, 7) is 3.05. The van der Waals surface area contributed by atoms with E-state index in [0.717, 1.165) is 43.3 Å². The third-order valence-electron chi connectivity index (χ3n) is 5.54. The van der Waals surface area contributed by atoms with Crippen molar-refractivity contribution in [3.05, 3.63) is 29.8 Å². The van der Waals surface area contributed by atoms with Crippen molar-refractivity contribution in [3.63, 3.8) is 0 Å². The summed E-state index contributed by atoms with van der Waals surface area (Å²) in [6, 6.07) is 7.69. The van der Waals surface area contributed by atoms with Crippen LogP contribution in [0.4, 0.5) is 0 Å². The minimum absolute atomic E-state index is 0.165. The van der Waals surface area contributed by atoms with E-state index in [1.54, 1.807) is 7.11 Å². The summed E-state index contributed by atoms with van der Waals surface area (Å²) in [7, 11) is 1.64. The van der Waals surface area contributed by atoms with E-state index in [1.165, 1.54) is 12.8 Å². The molecule has 1 amide bonds. The van der Waals surface area contributed by atoms with Crippen molar-refractivity contribution in [2.45, 2.75) is 43.8 Å². The lowest BCUT2D eigenvalue weighted by Crippen LogP contribution is -2.67. The highest BCUT2D eigenvalue weighted by Crippen LogP contribution is 2.37. The molecule has 0 N–H and O–H groups in total. The Kier molecular flexibility index (Phi) is 4.69. The van der Waals surface area contributed by atoms with Crippen LogP contribution in [-0.4, -0.2) is 55.9 Å². The second-order valence-electron chi connectivity index (χ2n) is 7.70. The average molecular weight is 345 g/mol. The lowest BCUT2D eigenvalue weighted by Gasteiger charge is -2.53. The number of nitrogens with zero attached hydrogens (tertiary/aromatic N) is 1. The smallest absolute Gasteiger partial charge is 0.227 e. The number of amides is 1. The fourth-order valence-electron chi connectivity index (χ4n) is 3.76. The molecule has 5 heteroatoms. The number of carbonyl (C=O) groups is 1. The number of methoxy groups -OCH3 is 1. The molecule has 0 aromatic heterocycles. The van der Waals surface area contributed by atoms with E-state index in [2.05, 4.69) is 0 Å². The molecule has 0 bridgehead atoms. The van der Waals surface area contributed by atoms with E-state index in [4.69, 9.17) is 14.2 Å². The predicted molar refractivity (Wildman–Crippen MR) is 93.7 cm³/mol. The van der Waals surface area contributed by atoms with Crippen molar-refractivity contribution in [3.8, 4) is 5.75 Å². The fourth-order valence-corrected chi connectivity index (χ4v) is 3.76. The van der Waals surface area contributed by atoms with Gasteiger partial charge < -0.3 is 19.1 Å². The van der Waals surface area contributed by atoms with E-state index in [1.807, 2.05) is 29.2 Å². The molecule has 2 aliphatic heterocycles. The summed E-state index contributed by atoms with van der Waals surface area (Å²) in [6.07, 6.45) is 5.28. The number of likely N-dealkylation sites (tertiary alicyclic amines) is 1. The maximum atomic E-state index is 12.5. The molecule has 3 aliphatic rings. The van der Waals surface area contributed by atoms with Crippen molar-refractivity contribution in [1.29, 1.82) is 0 Å². The van der Waals surface area contributed by atoms with Gasteiger partial charge >= 0.3 is 0 Å². The first-order valence-electron chi connectivity index (χ1n) is 9.32. The second kappa shape index (κ2) is 6.96. The van der Waals surface area contributed by atoms with Gasteiger partial charge in [-0.25, -0.2) is 0 Å². The molecule has 5 nitrogen and oxygen atoms in total. The van der Waals surface area contributed by atoms with Crippen molar-refractivity contribution < 1.29 is 19.0 Å². The molecule has 1 saturated carbocycles. The fraction of sp³-hybridized carbons (Fsp3) is 0.650. The van der Waals surface area contributed by atoms with Crippen molar-refractivity contribution in [2.75, 3.05) is 33.4 Å². The molecule has 25 heavy (non-hydrogen) atoms. The quantitative estimate of drug-likeness (QED) is 0.794. The second-order valence-corrected chi connectivity index (χ2v) is 7.70. The van der Waals surface area contributed by atoms with Crippen LogP contribution in [0.15, 0.2) is 24.3 Å². The molecule has 1 spiro atoms. The number of hydrogen-bond donors (Lipinski definition) is 0. The summed E-state index contributed by atoms with van der Waals surface area (Å²) in [5, 5.41) is 0. The zero-order chi connectivity index (χ0) is 17.3. The maximum Gasteiger partial charge on any atom is 0.227 e. The third-order valence-corrected chi connectivity index (χ3v) is 5.54. The van der Waals surface area contributed by atoms with Gasteiger partial charge in [0, 0.05) is 19.6 Å². The van der Waals surface area contributed by atoms with Gasteiger partial charge in [-0.05, 0) is 42.9 Å². The summed E-state index contributed by atoms with van der Waals surface area (Å²) >= 11 is 0. The van der Waals surface area contributed by atoms with Crippen LogP contribution in [-0.2, 0) is 20.7 Å². The first kappa shape index (κ1) is 16.9. The van der Waals surface area contributed by atoms with E-state index in [-0.39, 0.29) is 11.5 Å². The molecule has 1 aromatic rings. The minimum atomic E-state index is -0.165. The van der Waals surface area contributed by atoms with Crippen molar-refractivity contribution in [1.82, 2.24) is 4.90 Å². The Morgan fingerprint density at radius 3 is 2.68 bits per heavy atom. The highest BCUT2D eigenvalue weighted by Gasteiger charge is 2.49. The van der Waals surface area contributed by atoms with Crippen molar-refractivity contribution in [2.24, 2.45) is 5.92 Å². The van der Waals surface area contributed by atoms with Crippen LogP contribution in [0.25, 0.3) is 0 Å². The Morgan fingerprint density at radius 2 is 2.00 bits per heavy atom. The molecular weight excluding hydrogens is 318 g/mol. The number of benzene rings is 1. The largest absolute Gasteiger partial charge is 0.497 e. The normalized spacial score (nSPS) is 24.8. The van der Waals surface area contributed by atoms with Crippen LogP contribution >= 0.6 is 0 Å². The molecular formula is C20H27NO4. The topological polar surface area (TPSA) is 48.0 Å². The third kappa shape index (κ3) is 3.98. The standard InChI is InChI=1S/C20H27NO4/c1-23-17-6-4-15(5-7-17)10-19(22)21-13-20(14-21)11-18(8-9-25-20)24-12-16-2-3-16/h4-7,16,18H,2-3,8-14H2,1H3. The van der Waals surface area contributed by atoms with Crippen LogP contribution in [0, 0.1) is 5.92 Å². The summed E-state index contributed by atoms with van der Waals surface area (Å²) in [5.41, 5.74) is 0.851. The zero-order valence-electron chi connectivity index (χ0n) is 14.9. The number of ether oxygens (including phenoxy) is 3.